The van der Waals surface area contributed by atoms with Gasteiger partial charge >= 0.3 is 0 Å². The number of rotatable bonds is 2. The molecule has 2 aromatic rings. The van der Waals surface area contributed by atoms with E-state index in [9.17, 15) is 0 Å². The van der Waals surface area contributed by atoms with E-state index in [4.69, 9.17) is 0 Å². The first kappa shape index (κ1) is 12.5. The maximum Gasteiger partial charge on any atom is 0.116 e. The van der Waals surface area contributed by atoms with Crippen LogP contribution in [-0.4, -0.2) is 13.9 Å². The van der Waals surface area contributed by atoms with Crippen molar-refractivity contribution in [3.63, 3.8) is 0 Å². The van der Waals surface area contributed by atoms with E-state index in [2.05, 4.69) is 69.0 Å². The maximum absolute atomic E-state index is 4.38. The van der Waals surface area contributed by atoms with Crippen LogP contribution in [0.15, 0.2) is 61.0 Å². The molecule has 0 fully saturated rings. The lowest BCUT2D eigenvalue weighted by Crippen LogP contribution is -1.98. The third kappa shape index (κ3) is 2.92. The molecule has 1 aliphatic rings. The third-order valence-corrected chi connectivity index (χ3v) is 4.00. The van der Waals surface area contributed by atoms with Gasteiger partial charge in [0.2, 0.25) is 0 Å². The van der Waals surface area contributed by atoms with E-state index in [1.807, 2.05) is 18.2 Å². The normalized spacial score (nSPS) is 18.2. The van der Waals surface area contributed by atoms with Crippen LogP contribution in [-0.2, 0) is 0 Å². The Hall–Kier alpha value is -1.49. The van der Waals surface area contributed by atoms with Gasteiger partial charge in [0.05, 0.1) is 11.4 Å². The van der Waals surface area contributed by atoms with Gasteiger partial charge in [-0.1, -0.05) is 71.2 Å². The van der Waals surface area contributed by atoms with Crippen molar-refractivity contribution < 1.29 is 0 Å². The fourth-order valence-corrected chi connectivity index (χ4v) is 2.53. The van der Waals surface area contributed by atoms with Crippen molar-refractivity contribution in [3.05, 3.63) is 66.6 Å². The number of hydrogen-bond acceptors (Lipinski definition) is 2. The Balaban J connectivity index is 1.95. The summed E-state index contributed by atoms with van der Waals surface area (Å²) in [7, 11) is 0. The Bertz CT molecular complexity index is 632. The van der Waals surface area contributed by atoms with E-state index < -0.39 is 0 Å². The van der Waals surface area contributed by atoms with Crippen LogP contribution in [0.1, 0.15) is 12.1 Å². The van der Waals surface area contributed by atoms with Gasteiger partial charge in [0, 0.05) is 9.49 Å². The zero-order valence-electron chi connectivity index (χ0n) is 10.3. The SMILES string of the molecule is IC1C=CC(c2cc(-c3ccccc3)ncn2)=CC1. The predicted molar refractivity (Wildman–Crippen MR) is 87.0 cm³/mol. The zero-order chi connectivity index (χ0) is 13.1. The Kier molecular flexibility index (Phi) is 3.73. The Morgan fingerprint density at radius 2 is 1.84 bits per heavy atom. The van der Waals surface area contributed by atoms with Gasteiger partial charge in [-0.15, -0.1) is 0 Å². The van der Waals surface area contributed by atoms with Crippen LogP contribution in [0.25, 0.3) is 16.8 Å². The summed E-state index contributed by atoms with van der Waals surface area (Å²) < 4.78 is 0.594. The van der Waals surface area contributed by atoms with Crippen molar-refractivity contribution in [1.29, 1.82) is 0 Å². The Labute approximate surface area is 126 Å². The van der Waals surface area contributed by atoms with Crippen LogP contribution >= 0.6 is 22.6 Å². The molecule has 1 unspecified atom stereocenters. The molecule has 19 heavy (non-hydrogen) atoms. The highest BCUT2D eigenvalue weighted by Gasteiger charge is 2.09. The molecule has 0 saturated carbocycles. The summed E-state index contributed by atoms with van der Waals surface area (Å²) in [4.78, 5) is 8.74. The lowest BCUT2D eigenvalue weighted by Gasteiger charge is -2.10. The molecule has 1 aromatic carbocycles. The molecular weight excluding hydrogens is 347 g/mol. The van der Waals surface area contributed by atoms with E-state index in [-0.39, 0.29) is 0 Å². The van der Waals surface area contributed by atoms with Crippen LogP contribution in [0.4, 0.5) is 0 Å². The van der Waals surface area contributed by atoms with Gasteiger partial charge in [-0.25, -0.2) is 9.97 Å². The first-order valence-corrected chi connectivity index (χ1v) is 7.48. The molecular formula is C16H13IN2. The smallest absolute Gasteiger partial charge is 0.116 e. The Morgan fingerprint density at radius 1 is 1.05 bits per heavy atom. The number of aromatic nitrogens is 2. The van der Waals surface area contributed by atoms with Crippen molar-refractivity contribution in [1.82, 2.24) is 9.97 Å². The van der Waals surface area contributed by atoms with E-state index in [0.29, 0.717) is 3.92 Å². The highest BCUT2D eigenvalue weighted by Crippen LogP contribution is 2.25. The van der Waals surface area contributed by atoms with E-state index in [1.54, 1.807) is 6.33 Å². The number of alkyl halides is 1. The van der Waals surface area contributed by atoms with Gasteiger partial charge in [0.1, 0.15) is 6.33 Å². The molecule has 1 aromatic heterocycles. The maximum atomic E-state index is 4.38. The summed E-state index contributed by atoms with van der Waals surface area (Å²) in [5.41, 5.74) is 4.27. The van der Waals surface area contributed by atoms with E-state index >= 15 is 0 Å². The van der Waals surface area contributed by atoms with Gasteiger partial charge in [-0.05, 0) is 18.1 Å². The number of allylic oxidation sites excluding steroid dienone is 4. The first-order valence-electron chi connectivity index (χ1n) is 6.23. The molecule has 1 atom stereocenters. The third-order valence-electron chi connectivity index (χ3n) is 3.08. The standard InChI is InChI=1S/C16H13IN2/c17-14-8-6-13(7-9-14)16-10-15(18-11-19-16)12-4-2-1-3-5-12/h1-8,10-11,14H,9H2. The van der Waals surface area contributed by atoms with Crippen molar-refractivity contribution in [2.75, 3.05) is 0 Å². The molecule has 3 rings (SSSR count). The van der Waals surface area contributed by atoms with Crippen molar-refractivity contribution in [3.8, 4) is 11.3 Å². The predicted octanol–water partition coefficient (Wildman–Crippen LogP) is 4.29. The number of halogens is 1. The van der Waals surface area contributed by atoms with Gasteiger partial charge in [-0.2, -0.15) is 0 Å². The van der Waals surface area contributed by atoms with Crippen molar-refractivity contribution >= 4 is 28.2 Å². The lowest BCUT2D eigenvalue weighted by atomic mass is 10.0. The zero-order valence-corrected chi connectivity index (χ0v) is 12.5. The van der Waals surface area contributed by atoms with Crippen LogP contribution < -0.4 is 0 Å². The molecule has 1 aliphatic carbocycles. The molecule has 2 nitrogen and oxygen atoms in total. The molecule has 0 saturated heterocycles. The van der Waals surface area contributed by atoms with Crippen LogP contribution in [0.3, 0.4) is 0 Å². The molecule has 0 aliphatic heterocycles. The Morgan fingerprint density at radius 3 is 2.58 bits per heavy atom. The summed E-state index contributed by atoms with van der Waals surface area (Å²) in [6, 6.07) is 12.3. The molecule has 1 heterocycles. The number of hydrogen-bond donors (Lipinski definition) is 0. The minimum absolute atomic E-state index is 0.594. The van der Waals surface area contributed by atoms with Crippen molar-refractivity contribution in [2.24, 2.45) is 0 Å². The van der Waals surface area contributed by atoms with Gasteiger partial charge in [0.25, 0.3) is 0 Å². The van der Waals surface area contributed by atoms with Gasteiger partial charge in [0.15, 0.2) is 0 Å². The van der Waals surface area contributed by atoms with Crippen LogP contribution in [0.2, 0.25) is 0 Å². The molecule has 3 heteroatoms. The molecule has 0 radical (unpaired) electrons. The van der Waals surface area contributed by atoms with Crippen LogP contribution in [0, 0.1) is 0 Å². The lowest BCUT2D eigenvalue weighted by molar-refractivity contribution is 1.08. The summed E-state index contributed by atoms with van der Waals surface area (Å²) >= 11 is 2.44. The number of nitrogens with zero attached hydrogens (tertiary/aromatic N) is 2. The fraction of sp³-hybridized carbons (Fsp3) is 0.125. The van der Waals surface area contributed by atoms with E-state index in [0.717, 1.165) is 23.4 Å². The topological polar surface area (TPSA) is 25.8 Å². The summed E-state index contributed by atoms with van der Waals surface area (Å²) in [5.74, 6) is 0. The minimum Gasteiger partial charge on any atom is -0.236 e. The average Bonchev–Trinajstić information content (AvgIpc) is 2.49. The quantitative estimate of drug-likeness (QED) is 0.590. The van der Waals surface area contributed by atoms with Gasteiger partial charge < -0.3 is 0 Å². The largest absolute Gasteiger partial charge is 0.236 e. The summed E-state index contributed by atoms with van der Waals surface area (Å²) in [6.07, 6.45) is 9.33. The molecule has 0 spiro atoms. The molecule has 94 valence electrons. The van der Waals surface area contributed by atoms with E-state index in [1.165, 1.54) is 5.57 Å². The number of benzene rings is 1. The molecule has 0 bridgehead atoms. The summed E-state index contributed by atoms with van der Waals surface area (Å²) in [5, 5.41) is 0. The highest BCUT2D eigenvalue weighted by atomic mass is 127. The second-order valence-electron chi connectivity index (χ2n) is 4.42. The monoisotopic (exact) mass is 360 g/mol. The van der Waals surface area contributed by atoms with Crippen molar-refractivity contribution in [2.45, 2.75) is 10.3 Å². The fourth-order valence-electron chi connectivity index (χ4n) is 2.07. The highest BCUT2D eigenvalue weighted by molar-refractivity contribution is 14.1. The first-order chi connectivity index (χ1) is 9.33. The molecule has 0 amide bonds. The second kappa shape index (κ2) is 5.65. The summed E-state index contributed by atoms with van der Waals surface area (Å²) in [6.45, 7) is 0. The minimum atomic E-state index is 0.594. The van der Waals surface area contributed by atoms with Gasteiger partial charge in [-0.3, -0.25) is 0 Å². The molecule has 0 N–H and O–H groups in total. The average molecular weight is 360 g/mol. The second-order valence-corrected chi connectivity index (χ2v) is 6.02. The van der Waals surface area contributed by atoms with Crippen LogP contribution in [0.5, 0.6) is 0 Å².